The van der Waals surface area contributed by atoms with Crippen molar-refractivity contribution in [1.29, 1.82) is 0 Å². The van der Waals surface area contributed by atoms with Crippen LogP contribution in [0, 0.1) is 13.8 Å². The number of hydrogen-bond donors (Lipinski definition) is 1. The average Bonchev–Trinajstić information content (AvgIpc) is 2.43. The molecule has 0 spiro atoms. The Morgan fingerprint density at radius 1 is 1.47 bits per heavy atom. The number of carboxylic acids is 1. The van der Waals surface area contributed by atoms with E-state index < -0.39 is 12.0 Å². The third kappa shape index (κ3) is 2.03. The summed E-state index contributed by atoms with van der Waals surface area (Å²) in [5.74, 6) is -0.814. The Bertz CT molecular complexity index is 369. The molecule has 0 bridgehead atoms. The summed E-state index contributed by atoms with van der Waals surface area (Å²) in [7, 11) is 0. The second-order valence-electron chi connectivity index (χ2n) is 3.71. The van der Waals surface area contributed by atoms with Gasteiger partial charge in [-0.05, 0) is 32.3 Å². The maximum Gasteiger partial charge on any atom is 0.328 e. The number of carbonyl (C=O) groups is 1. The van der Waals surface area contributed by atoms with Crippen LogP contribution in [0.15, 0.2) is 0 Å². The van der Waals surface area contributed by atoms with E-state index in [9.17, 15) is 4.79 Å². The van der Waals surface area contributed by atoms with Gasteiger partial charge >= 0.3 is 5.97 Å². The summed E-state index contributed by atoms with van der Waals surface area (Å²) in [4.78, 5) is 11.0. The first-order valence-electron chi connectivity index (χ1n) is 5.30. The highest BCUT2D eigenvalue weighted by molar-refractivity contribution is 5.71. The standard InChI is InChI=1S/C11H18N2O2/c1-5-9-7(3)12-13(8(9)4)10(6-2)11(14)15/h10H,5-6H2,1-4H3,(H,14,15). The molecule has 0 amide bonds. The summed E-state index contributed by atoms with van der Waals surface area (Å²) in [5.41, 5.74) is 3.08. The zero-order chi connectivity index (χ0) is 11.6. The quantitative estimate of drug-likeness (QED) is 0.828. The molecule has 0 aromatic carbocycles. The van der Waals surface area contributed by atoms with E-state index in [1.807, 2.05) is 20.8 Å². The van der Waals surface area contributed by atoms with Crippen molar-refractivity contribution < 1.29 is 9.90 Å². The fourth-order valence-electron chi connectivity index (χ4n) is 1.96. The third-order valence-electron chi connectivity index (χ3n) is 2.80. The molecule has 0 saturated heterocycles. The van der Waals surface area contributed by atoms with Gasteiger partial charge in [0, 0.05) is 5.69 Å². The molecule has 1 N–H and O–H groups in total. The Kier molecular flexibility index (Phi) is 3.50. The molecule has 1 aromatic rings. The average molecular weight is 210 g/mol. The van der Waals surface area contributed by atoms with E-state index >= 15 is 0 Å². The first-order chi connectivity index (χ1) is 7.02. The summed E-state index contributed by atoms with van der Waals surface area (Å²) in [6, 6.07) is -0.538. The third-order valence-corrected chi connectivity index (χ3v) is 2.80. The monoisotopic (exact) mass is 210 g/mol. The zero-order valence-electron chi connectivity index (χ0n) is 9.74. The van der Waals surface area contributed by atoms with Crippen molar-refractivity contribution in [2.75, 3.05) is 0 Å². The summed E-state index contributed by atoms with van der Waals surface area (Å²) in [6.07, 6.45) is 1.45. The molecule has 0 radical (unpaired) electrons. The molecule has 1 rings (SSSR count). The molecule has 1 atom stereocenters. The van der Waals surface area contributed by atoms with Crippen LogP contribution in [0.1, 0.15) is 43.3 Å². The summed E-state index contributed by atoms with van der Waals surface area (Å²) in [6.45, 7) is 7.78. The van der Waals surface area contributed by atoms with Crippen molar-refractivity contribution in [2.24, 2.45) is 0 Å². The minimum Gasteiger partial charge on any atom is -0.480 e. The SMILES string of the molecule is CCc1c(C)nn(C(CC)C(=O)O)c1C. The Hall–Kier alpha value is -1.32. The van der Waals surface area contributed by atoms with Crippen LogP contribution in [-0.2, 0) is 11.2 Å². The first-order valence-corrected chi connectivity index (χ1v) is 5.30. The number of aryl methyl sites for hydroxylation is 1. The van der Waals surface area contributed by atoms with Crippen molar-refractivity contribution in [3.63, 3.8) is 0 Å². The molecule has 84 valence electrons. The largest absolute Gasteiger partial charge is 0.480 e. The van der Waals surface area contributed by atoms with Gasteiger partial charge in [-0.25, -0.2) is 4.79 Å². The fourth-order valence-corrected chi connectivity index (χ4v) is 1.96. The van der Waals surface area contributed by atoms with Gasteiger partial charge in [0.2, 0.25) is 0 Å². The van der Waals surface area contributed by atoms with Crippen molar-refractivity contribution >= 4 is 5.97 Å². The number of nitrogens with zero attached hydrogens (tertiary/aromatic N) is 2. The van der Waals surface area contributed by atoms with E-state index in [0.29, 0.717) is 6.42 Å². The summed E-state index contributed by atoms with van der Waals surface area (Å²) >= 11 is 0. The highest BCUT2D eigenvalue weighted by atomic mass is 16.4. The van der Waals surface area contributed by atoms with Gasteiger partial charge in [-0.3, -0.25) is 4.68 Å². The number of rotatable bonds is 4. The molecule has 0 fully saturated rings. The van der Waals surface area contributed by atoms with Crippen molar-refractivity contribution in [2.45, 2.75) is 46.6 Å². The molecule has 0 aliphatic carbocycles. The zero-order valence-corrected chi connectivity index (χ0v) is 9.74. The smallest absolute Gasteiger partial charge is 0.328 e. The predicted octanol–water partition coefficient (Wildman–Crippen LogP) is 2.10. The van der Waals surface area contributed by atoms with Gasteiger partial charge in [-0.1, -0.05) is 13.8 Å². The minimum absolute atomic E-state index is 0.538. The van der Waals surface area contributed by atoms with E-state index in [1.165, 1.54) is 0 Å². The lowest BCUT2D eigenvalue weighted by Gasteiger charge is -2.12. The molecule has 0 aliphatic heterocycles. The van der Waals surface area contributed by atoms with Crippen LogP contribution >= 0.6 is 0 Å². The van der Waals surface area contributed by atoms with Gasteiger partial charge in [0.1, 0.15) is 6.04 Å². The molecule has 4 heteroatoms. The van der Waals surface area contributed by atoms with Crippen LogP contribution in [0.25, 0.3) is 0 Å². The van der Waals surface area contributed by atoms with Crippen LogP contribution in [0.3, 0.4) is 0 Å². The Balaban J connectivity index is 3.19. The van der Waals surface area contributed by atoms with Crippen LogP contribution in [0.5, 0.6) is 0 Å². The summed E-state index contributed by atoms with van der Waals surface area (Å²) < 4.78 is 1.64. The van der Waals surface area contributed by atoms with Gasteiger partial charge in [-0.2, -0.15) is 5.10 Å². The second kappa shape index (κ2) is 4.47. The minimum atomic E-state index is -0.814. The number of carboxylic acid groups (broad SMARTS) is 1. The highest BCUT2D eigenvalue weighted by Gasteiger charge is 2.22. The van der Waals surface area contributed by atoms with Crippen LogP contribution in [-0.4, -0.2) is 20.9 Å². The van der Waals surface area contributed by atoms with Gasteiger partial charge in [0.05, 0.1) is 5.69 Å². The maximum absolute atomic E-state index is 11.0. The van der Waals surface area contributed by atoms with E-state index in [0.717, 1.165) is 23.4 Å². The number of aromatic nitrogens is 2. The fraction of sp³-hybridized carbons (Fsp3) is 0.636. The van der Waals surface area contributed by atoms with Crippen LogP contribution in [0.4, 0.5) is 0 Å². The van der Waals surface area contributed by atoms with Gasteiger partial charge < -0.3 is 5.11 Å². The normalized spacial score (nSPS) is 12.8. The lowest BCUT2D eigenvalue weighted by atomic mass is 10.1. The highest BCUT2D eigenvalue weighted by Crippen LogP contribution is 2.20. The number of aliphatic carboxylic acids is 1. The first kappa shape index (κ1) is 11.8. The van der Waals surface area contributed by atoms with Crippen LogP contribution < -0.4 is 0 Å². The van der Waals surface area contributed by atoms with Gasteiger partial charge in [-0.15, -0.1) is 0 Å². The van der Waals surface area contributed by atoms with E-state index in [-0.39, 0.29) is 0 Å². The molecule has 4 nitrogen and oxygen atoms in total. The number of hydrogen-bond acceptors (Lipinski definition) is 2. The molecular formula is C11H18N2O2. The van der Waals surface area contributed by atoms with Gasteiger partial charge in [0.25, 0.3) is 0 Å². The molecular weight excluding hydrogens is 192 g/mol. The van der Waals surface area contributed by atoms with Crippen molar-refractivity contribution in [3.8, 4) is 0 Å². The van der Waals surface area contributed by atoms with Gasteiger partial charge in [0.15, 0.2) is 0 Å². The lowest BCUT2D eigenvalue weighted by molar-refractivity contribution is -0.141. The van der Waals surface area contributed by atoms with Crippen molar-refractivity contribution in [3.05, 3.63) is 17.0 Å². The lowest BCUT2D eigenvalue weighted by Crippen LogP contribution is -2.20. The van der Waals surface area contributed by atoms with E-state index in [2.05, 4.69) is 12.0 Å². The molecule has 0 aliphatic rings. The molecule has 1 heterocycles. The molecule has 0 saturated carbocycles. The Labute approximate surface area is 89.9 Å². The molecule has 1 aromatic heterocycles. The second-order valence-corrected chi connectivity index (χ2v) is 3.71. The Morgan fingerprint density at radius 3 is 2.40 bits per heavy atom. The van der Waals surface area contributed by atoms with E-state index in [1.54, 1.807) is 4.68 Å². The molecule has 1 unspecified atom stereocenters. The predicted molar refractivity (Wildman–Crippen MR) is 58.0 cm³/mol. The maximum atomic E-state index is 11.0. The van der Waals surface area contributed by atoms with Crippen LogP contribution in [0.2, 0.25) is 0 Å². The topological polar surface area (TPSA) is 55.1 Å². The van der Waals surface area contributed by atoms with E-state index in [4.69, 9.17) is 5.11 Å². The van der Waals surface area contributed by atoms with Crippen molar-refractivity contribution in [1.82, 2.24) is 9.78 Å². The Morgan fingerprint density at radius 2 is 2.07 bits per heavy atom. The summed E-state index contributed by atoms with van der Waals surface area (Å²) in [5, 5.41) is 13.4. The molecule has 15 heavy (non-hydrogen) atoms.